The molecule has 1 aliphatic carbocycles. The molecule has 4 aromatic heterocycles. The summed E-state index contributed by atoms with van der Waals surface area (Å²) in [5.74, 6) is 0. The molecule has 4 N–H and O–H groups in total. The Morgan fingerprint density at radius 3 is 0.946 bits per heavy atom. The average molecular weight is 895 g/mol. The number of pyridine rings is 4. The third kappa shape index (κ3) is 8.21. The average Bonchev–Trinajstić information content (AvgIpc) is 3.19. The third-order valence-corrected chi connectivity index (χ3v) is 9.43. The molecule has 0 bridgehead atoms. The zero-order valence-corrected chi connectivity index (χ0v) is 38.3. The van der Waals surface area contributed by atoms with E-state index in [0.29, 0.717) is 56.2 Å². The second-order valence-electron chi connectivity index (χ2n) is 12.2. The summed E-state index contributed by atoms with van der Waals surface area (Å²) < 4.78 is 0. The molecule has 0 aliphatic heterocycles. The number of nitrogens with one attached hydrogen (secondary N) is 4. The van der Waals surface area contributed by atoms with Crippen LogP contribution in [0.15, 0.2) is 128 Å². The van der Waals surface area contributed by atoms with Gasteiger partial charge in [-0.1, -0.05) is 76.2 Å². The first-order chi connectivity index (χ1) is 25.4. The Bertz CT molecular complexity index is 2860. The minimum absolute atomic E-state index is 0. The fourth-order valence-corrected chi connectivity index (χ4v) is 7.03. The summed E-state index contributed by atoms with van der Waals surface area (Å²) in [6.07, 6.45) is 0.926. The van der Waals surface area contributed by atoms with Gasteiger partial charge in [0.1, 0.15) is 0 Å². The number of aromatic nitrogens is 4. The molecule has 0 atom stereocenters. The zero-order chi connectivity index (χ0) is 36.5. The summed E-state index contributed by atoms with van der Waals surface area (Å²) in [7, 11) is 0. The summed E-state index contributed by atoms with van der Waals surface area (Å²) in [4.78, 5) is 64.4. The number of para-hydroxylation sites is 4. The van der Waals surface area contributed by atoms with Crippen molar-refractivity contribution in [3.63, 3.8) is 0 Å². The Kier molecular flexibility index (Phi) is 16.2. The smallest absolute Gasteiger partial charge is 0.197 e. The van der Waals surface area contributed by atoms with E-state index in [4.69, 9.17) is 0 Å². The van der Waals surface area contributed by atoms with E-state index in [9.17, 15) is 19.2 Å². The minimum atomic E-state index is -0.0322. The number of rotatable bonds is 0. The second kappa shape index (κ2) is 19.7. The molecule has 0 saturated heterocycles. The molecule has 0 unspecified atom stereocenters. The molecule has 9 aromatic rings. The molecule has 10 rings (SSSR count). The predicted molar refractivity (Wildman–Crippen MR) is 228 cm³/mol. The maximum absolute atomic E-state index is 12.8. The van der Waals surface area contributed by atoms with Crippen LogP contribution < -0.4 is 21.7 Å². The first-order valence-corrected chi connectivity index (χ1v) is 17.7. The zero-order valence-electron chi connectivity index (χ0n) is 32.6. The molecule has 0 amide bonds. The van der Waals surface area contributed by atoms with Crippen molar-refractivity contribution in [1.29, 1.82) is 0 Å². The van der Waals surface area contributed by atoms with Crippen LogP contribution >= 0.6 is 0 Å². The summed E-state index contributed by atoms with van der Waals surface area (Å²) in [6, 6.07) is 33.4. The Morgan fingerprint density at radius 1 is 0.357 bits per heavy atom. The second-order valence-corrected chi connectivity index (χ2v) is 12.2. The minimum Gasteiger partial charge on any atom is -0.358 e. The topological polar surface area (TPSA) is 131 Å². The maximum Gasteiger partial charge on any atom is 0.197 e. The number of fused-ring (bicyclic) bond motifs is 8. The van der Waals surface area contributed by atoms with Crippen molar-refractivity contribution >= 4 is 65.4 Å². The molecule has 0 saturated carbocycles. The number of aromatic amines is 4. The van der Waals surface area contributed by atoms with Gasteiger partial charge < -0.3 is 34.8 Å². The molecule has 4 heterocycles. The van der Waals surface area contributed by atoms with Crippen LogP contribution in [-0.4, -0.2) is 19.9 Å². The molecule has 8 nitrogen and oxygen atoms in total. The largest absolute Gasteiger partial charge is 0.358 e. The van der Waals surface area contributed by atoms with Gasteiger partial charge in [0.05, 0.1) is 11.0 Å². The molecular weight excluding hydrogens is 850 g/mol. The van der Waals surface area contributed by atoms with E-state index < -0.39 is 0 Å². The van der Waals surface area contributed by atoms with Crippen LogP contribution in [-0.2, 0) is 78.3 Å². The summed E-state index contributed by atoms with van der Waals surface area (Å²) in [5, 5.41) is 3.84. The standard InChI is InChI=1S/C20H14N2O2.C20H12N2O2.2C2H6.2CH3.2Y/c2*23-19-11-5-1-3-7-15(11)21-17-10-14-18(9-13(17)19)22-16-8-4-2-6-12(16)20(14)24;2*1-2;;;;/h1-8H,9-10H2,(H,21,23)(H,22,24);1-10H,(H,21,23)(H,22,24);2*1-2H3;2*1H3;;/q;;;;2*-1;;. The molecule has 0 spiro atoms. The van der Waals surface area contributed by atoms with Gasteiger partial charge in [0.2, 0.25) is 0 Å². The summed E-state index contributed by atoms with van der Waals surface area (Å²) in [6.45, 7) is 8.00. The van der Waals surface area contributed by atoms with E-state index >= 15 is 0 Å². The predicted octanol–water partition coefficient (Wildman–Crippen LogP) is 9.49. The van der Waals surface area contributed by atoms with Crippen molar-refractivity contribution in [1.82, 2.24) is 19.9 Å². The fourth-order valence-electron chi connectivity index (χ4n) is 7.03. The van der Waals surface area contributed by atoms with Gasteiger partial charge in [-0.15, -0.1) is 0 Å². The maximum atomic E-state index is 12.8. The first-order valence-electron chi connectivity index (χ1n) is 17.7. The number of H-pyrrole nitrogens is 4. The quantitative estimate of drug-likeness (QED) is 0.0893. The van der Waals surface area contributed by atoms with Gasteiger partial charge in [-0.05, 0) is 60.7 Å². The number of hydrogen-bond acceptors (Lipinski definition) is 4. The van der Waals surface area contributed by atoms with Crippen molar-refractivity contribution in [2.75, 3.05) is 0 Å². The first kappa shape index (κ1) is 46.1. The van der Waals surface area contributed by atoms with Gasteiger partial charge in [-0.3, -0.25) is 19.2 Å². The SMILES string of the molecule is CC.CC.O=c1c2c([nH]c3ccccc13)Cc1c([nH]c3ccccc3c1=O)C2.O=c1c2ccccc2[nH]c2cc3c(=O)c4ccccc4[nH]c3cc12.[CH3-].[CH3-].[Y].[Y]. The van der Waals surface area contributed by atoms with Gasteiger partial charge in [-0.25, -0.2) is 0 Å². The monoisotopic (exact) mass is 894 g/mol. The molecular formula is C46H44N4O4Y2-2. The molecule has 280 valence electrons. The molecule has 10 heteroatoms. The van der Waals surface area contributed by atoms with Crippen molar-refractivity contribution in [2.45, 2.75) is 40.5 Å². The van der Waals surface area contributed by atoms with E-state index in [2.05, 4.69) is 19.9 Å². The van der Waals surface area contributed by atoms with Gasteiger partial charge >= 0.3 is 0 Å². The van der Waals surface area contributed by atoms with Crippen LogP contribution in [0.25, 0.3) is 65.4 Å². The molecule has 56 heavy (non-hydrogen) atoms. The van der Waals surface area contributed by atoms with Crippen molar-refractivity contribution in [3.05, 3.63) is 187 Å². The summed E-state index contributed by atoms with van der Waals surface area (Å²) in [5.41, 5.74) is 7.79. The van der Waals surface area contributed by atoms with Crippen molar-refractivity contribution in [2.24, 2.45) is 0 Å². The van der Waals surface area contributed by atoms with E-state index in [-0.39, 0.29) is 102 Å². The Labute approximate surface area is 375 Å². The van der Waals surface area contributed by atoms with Crippen LogP contribution in [0.5, 0.6) is 0 Å². The van der Waals surface area contributed by atoms with Crippen LogP contribution in [0.3, 0.4) is 0 Å². The van der Waals surface area contributed by atoms with Gasteiger partial charge in [-0.2, -0.15) is 0 Å². The van der Waals surface area contributed by atoms with E-state index in [1.165, 1.54) is 0 Å². The van der Waals surface area contributed by atoms with Crippen LogP contribution in [0.4, 0.5) is 0 Å². The Hall–Kier alpha value is -4.33. The summed E-state index contributed by atoms with van der Waals surface area (Å²) >= 11 is 0. The van der Waals surface area contributed by atoms with Gasteiger partial charge in [0.25, 0.3) is 0 Å². The third-order valence-electron chi connectivity index (χ3n) is 9.43. The number of benzene rings is 5. The molecule has 0 fully saturated rings. The molecule has 5 aromatic carbocycles. The van der Waals surface area contributed by atoms with Crippen LogP contribution in [0.2, 0.25) is 0 Å². The van der Waals surface area contributed by atoms with Gasteiger partial charge in [0.15, 0.2) is 21.7 Å². The fraction of sp³-hybridized carbons (Fsp3) is 0.130. The molecule has 1 aliphatic rings. The number of hydrogen-bond donors (Lipinski definition) is 4. The van der Waals surface area contributed by atoms with Crippen LogP contribution in [0.1, 0.15) is 50.2 Å². The molecule has 2 radical (unpaired) electrons. The van der Waals surface area contributed by atoms with Crippen molar-refractivity contribution < 1.29 is 65.4 Å². The van der Waals surface area contributed by atoms with E-state index in [0.717, 1.165) is 44.6 Å². The van der Waals surface area contributed by atoms with E-state index in [1.54, 1.807) is 24.3 Å². The normalized spacial score (nSPS) is 10.8. The van der Waals surface area contributed by atoms with Crippen molar-refractivity contribution in [3.8, 4) is 0 Å². The van der Waals surface area contributed by atoms with E-state index in [1.807, 2.05) is 113 Å². The van der Waals surface area contributed by atoms with Gasteiger partial charge in [0, 0.05) is 155 Å². The Balaban J connectivity index is 0.000000259. The Morgan fingerprint density at radius 2 is 0.625 bits per heavy atom. The van der Waals surface area contributed by atoms with Crippen LogP contribution in [0, 0.1) is 14.9 Å².